The fraction of sp³-hybridized carbons (Fsp3) is 0.200. The number of urea groups is 1. The number of hydrogen-bond donors (Lipinski definition) is 2. The molecule has 0 unspecified atom stereocenters. The molecule has 0 bridgehead atoms. The molecule has 0 aromatic heterocycles. The molecule has 0 saturated carbocycles. The normalized spacial score (nSPS) is 16.2. The Labute approximate surface area is 172 Å². The lowest BCUT2D eigenvalue weighted by Crippen LogP contribution is -2.45. The van der Waals surface area contributed by atoms with Crippen LogP contribution in [0.15, 0.2) is 59.8 Å². The van der Waals surface area contributed by atoms with Gasteiger partial charge in [0.2, 0.25) is 0 Å². The number of para-hydroxylation sites is 1. The number of rotatable bonds is 6. The molecule has 0 spiro atoms. The second-order valence-corrected chi connectivity index (χ2v) is 6.86. The Morgan fingerprint density at radius 3 is 2.54 bits per heavy atom. The quantitative estimate of drug-likeness (QED) is 0.540. The number of carbonyl (C=O) groups is 2. The number of hydrogen-bond acceptors (Lipinski definition) is 4. The molecule has 3 rings (SSSR count). The average molecular weight is 421 g/mol. The largest absolute Gasteiger partial charge is 0.490 e. The third kappa shape index (κ3) is 4.77. The Bertz CT molecular complexity index is 916. The number of nitrogens with one attached hydrogen (secondary N) is 2. The van der Waals surface area contributed by atoms with E-state index in [-0.39, 0.29) is 18.8 Å². The first-order chi connectivity index (χ1) is 13.5. The van der Waals surface area contributed by atoms with Crippen LogP contribution in [-0.4, -0.2) is 25.2 Å². The van der Waals surface area contributed by atoms with E-state index in [4.69, 9.17) is 32.7 Å². The zero-order valence-electron chi connectivity index (χ0n) is 15.0. The van der Waals surface area contributed by atoms with Crippen molar-refractivity contribution in [3.8, 4) is 5.75 Å². The molecule has 2 amide bonds. The third-order valence-electron chi connectivity index (χ3n) is 4.09. The van der Waals surface area contributed by atoms with E-state index in [1.54, 1.807) is 25.1 Å². The minimum absolute atomic E-state index is 0.0621. The van der Waals surface area contributed by atoms with E-state index in [0.717, 1.165) is 0 Å². The summed E-state index contributed by atoms with van der Waals surface area (Å²) in [6, 6.07) is 13.0. The van der Waals surface area contributed by atoms with Gasteiger partial charge in [0.05, 0.1) is 21.7 Å². The molecule has 6 nitrogen and oxygen atoms in total. The van der Waals surface area contributed by atoms with E-state index in [1.807, 2.05) is 30.3 Å². The van der Waals surface area contributed by atoms with Gasteiger partial charge in [0.15, 0.2) is 0 Å². The summed E-state index contributed by atoms with van der Waals surface area (Å²) in [6.45, 7) is 1.91. The van der Waals surface area contributed by atoms with Gasteiger partial charge in [-0.05, 0) is 36.8 Å². The molecule has 0 aliphatic carbocycles. The fourth-order valence-corrected chi connectivity index (χ4v) is 3.10. The molecule has 146 valence electrons. The van der Waals surface area contributed by atoms with Gasteiger partial charge in [-0.15, -0.1) is 0 Å². The number of carbonyl (C=O) groups excluding carboxylic acids is 2. The number of benzene rings is 2. The molecule has 1 aliphatic heterocycles. The number of allylic oxidation sites excluding steroid dienone is 1. The second-order valence-electron chi connectivity index (χ2n) is 6.04. The summed E-state index contributed by atoms with van der Waals surface area (Å²) < 4.78 is 10.9. The van der Waals surface area contributed by atoms with Gasteiger partial charge in [-0.25, -0.2) is 9.59 Å². The SMILES string of the molecule is CC1=C(C(=O)OCCOc2ccccc2)[C@@H](c2ccc(Cl)c(Cl)c2)NC(=O)N1. The van der Waals surface area contributed by atoms with E-state index in [9.17, 15) is 9.59 Å². The highest BCUT2D eigenvalue weighted by Gasteiger charge is 2.32. The summed E-state index contributed by atoms with van der Waals surface area (Å²) in [5, 5.41) is 6.02. The van der Waals surface area contributed by atoms with E-state index >= 15 is 0 Å². The highest BCUT2D eigenvalue weighted by atomic mass is 35.5. The van der Waals surface area contributed by atoms with Crippen molar-refractivity contribution in [2.24, 2.45) is 0 Å². The highest BCUT2D eigenvalue weighted by Crippen LogP contribution is 2.31. The van der Waals surface area contributed by atoms with Gasteiger partial charge < -0.3 is 20.1 Å². The second kappa shape index (κ2) is 8.99. The monoisotopic (exact) mass is 420 g/mol. The molecule has 2 aromatic carbocycles. The van der Waals surface area contributed by atoms with Gasteiger partial charge in [-0.2, -0.15) is 0 Å². The number of esters is 1. The van der Waals surface area contributed by atoms with Crippen LogP contribution < -0.4 is 15.4 Å². The first kappa shape index (κ1) is 20.0. The molecule has 1 atom stereocenters. The molecular formula is C20H18Cl2N2O4. The molecule has 1 heterocycles. The first-order valence-electron chi connectivity index (χ1n) is 8.54. The number of halogens is 2. The molecular weight excluding hydrogens is 403 g/mol. The molecule has 0 radical (unpaired) electrons. The molecule has 28 heavy (non-hydrogen) atoms. The summed E-state index contributed by atoms with van der Waals surface area (Å²) in [5.74, 6) is 0.131. The van der Waals surface area contributed by atoms with Crippen LogP contribution in [0.3, 0.4) is 0 Å². The molecule has 2 N–H and O–H groups in total. The van der Waals surface area contributed by atoms with Crippen molar-refractivity contribution in [2.75, 3.05) is 13.2 Å². The van der Waals surface area contributed by atoms with E-state index in [0.29, 0.717) is 27.1 Å². The summed E-state index contributed by atoms with van der Waals surface area (Å²) in [6.07, 6.45) is 0. The van der Waals surface area contributed by atoms with Crippen molar-refractivity contribution in [3.63, 3.8) is 0 Å². The van der Waals surface area contributed by atoms with Crippen LogP contribution in [0, 0.1) is 0 Å². The zero-order chi connectivity index (χ0) is 20.1. The average Bonchev–Trinajstić information content (AvgIpc) is 2.67. The fourth-order valence-electron chi connectivity index (χ4n) is 2.79. The van der Waals surface area contributed by atoms with E-state index < -0.39 is 18.0 Å². The predicted octanol–water partition coefficient (Wildman–Crippen LogP) is 4.24. The Balaban J connectivity index is 1.70. The van der Waals surface area contributed by atoms with Crippen LogP contribution in [0.4, 0.5) is 4.79 Å². The van der Waals surface area contributed by atoms with Crippen LogP contribution >= 0.6 is 23.2 Å². The summed E-state index contributed by atoms with van der Waals surface area (Å²) >= 11 is 12.0. The van der Waals surface area contributed by atoms with Crippen molar-refractivity contribution in [3.05, 3.63) is 75.4 Å². The van der Waals surface area contributed by atoms with Crippen LogP contribution in [0.25, 0.3) is 0 Å². The standard InChI is InChI=1S/C20H18Cl2N2O4/c1-12-17(19(25)28-10-9-27-14-5-3-2-4-6-14)18(24-20(26)23-12)13-7-8-15(21)16(22)11-13/h2-8,11,18H,9-10H2,1H3,(H2,23,24,26)/t18-/m1/s1. The Kier molecular flexibility index (Phi) is 6.44. The molecule has 0 fully saturated rings. The maximum atomic E-state index is 12.7. The zero-order valence-corrected chi connectivity index (χ0v) is 16.5. The van der Waals surface area contributed by atoms with Gasteiger partial charge in [-0.3, -0.25) is 0 Å². The minimum atomic E-state index is -0.703. The maximum Gasteiger partial charge on any atom is 0.338 e. The van der Waals surface area contributed by atoms with Crippen LogP contribution in [-0.2, 0) is 9.53 Å². The number of amides is 2. The lowest BCUT2D eigenvalue weighted by molar-refractivity contribution is -0.140. The van der Waals surface area contributed by atoms with Gasteiger partial charge in [0.25, 0.3) is 0 Å². The van der Waals surface area contributed by atoms with Crippen molar-refractivity contribution < 1.29 is 19.1 Å². The van der Waals surface area contributed by atoms with Gasteiger partial charge in [0, 0.05) is 5.70 Å². The Hall–Kier alpha value is -2.70. The van der Waals surface area contributed by atoms with E-state index in [1.165, 1.54) is 0 Å². The van der Waals surface area contributed by atoms with Crippen molar-refractivity contribution >= 4 is 35.2 Å². The van der Waals surface area contributed by atoms with Crippen molar-refractivity contribution in [1.82, 2.24) is 10.6 Å². The molecule has 8 heteroatoms. The topological polar surface area (TPSA) is 76.7 Å². The summed E-state index contributed by atoms with van der Waals surface area (Å²) in [5.41, 5.74) is 1.32. The number of ether oxygens (including phenoxy) is 2. The maximum absolute atomic E-state index is 12.7. The van der Waals surface area contributed by atoms with Crippen LogP contribution in [0.5, 0.6) is 5.75 Å². The molecule has 2 aromatic rings. The lowest BCUT2D eigenvalue weighted by atomic mass is 9.95. The van der Waals surface area contributed by atoms with E-state index in [2.05, 4.69) is 10.6 Å². The smallest absolute Gasteiger partial charge is 0.338 e. The van der Waals surface area contributed by atoms with Crippen LogP contribution in [0.1, 0.15) is 18.5 Å². The summed E-state index contributed by atoms with van der Waals surface area (Å²) in [7, 11) is 0. The highest BCUT2D eigenvalue weighted by molar-refractivity contribution is 6.42. The molecule has 1 aliphatic rings. The third-order valence-corrected chi connectivity index (χ3v) is 4.83. The van der Waals surface area contributed by atoms with Crippen molar-refractivity contribution in [2.45, 2.75) is 13.0 Å². The molecule has 0 saturated heterocycles. The predicted molar refractivity (Wildman–Crippen MR) is 106 cm³/mol. The Morgan fingerprint density at radius 1 is 1.07 bits per heavy atom. The lowest BCUT2D eigenvalue weighted by Gasteiger charge is -2.28. The Morgan fingerprint density at radius 2 is 1.82 bits per heavy atom. The van der Waals surface area contributed by atoms with Gasteiger partial charge in [0.1, 0.15) is 19.0 Å². The van der Waals surface area contributed by atoms with Crippen LogP contribution in [0.2, 0.25) is 10.0 Å². The first-order valence-corrected chi connectivity index (χ1v) is 9.29. The van der Waals surface area contributed by atoms with Gasteiger partial charge in [-0.1, -0.05) is 47.5 Å². The minimum Gasteiger partial charge on any atom is -0.490 e. The van der Waals surface area contributed by atoms with Gasteiger partial charge >= 0.3 is 12.0 Å². The van der Waals surface area contributed by atoms with Crippen molar-refractivity contribution in [1.29, 1.82) is 0 Å². The summed E-state index contributed by atoms with van der Waals surface area (Å²) in [4.78, 5) is 24.6.